The van der Waals surface area contributed by atoms with Crippen LogP contribution in [0.1, 0.15) is 30.1 Å². The Morgan fingerprint density at radius 3 is 2.86 bits per heavy atom. The van der Waals surface area contributed by atoms with E-state index in [1.807, 2.05) is 6.92 Å². The van der Waals surface area contributed by atoms with Crippen molar-refractivity contribution in [1.29, 1.82) is 0 Å². The lowest BCUT2D eigenvalue weighted by atomic mass is 10.1. The number of carboxylic acid groups (broad SMARTS) is 1. The highest BCUT2D eigenvalue weighted by Gasteiger charge is 2.21. The number of nitrogens with zero attached hydrogens (tertiary/aromatic N) is 1. The van der Waals surface area contributed by atoms with E-state index in [1.54, 1.807) is 24.4 Å². The third kappa shape index (κ3) is 3.49. The van der Waals surface area contributed by atoms with Crippen LogP contribution in [0.3, 0.4) is 0 Å². The molecular formula is C15H15ClN2O3. The van der Waals surface area contributed by atoms with Crippen LogP contribution in [0.25, 0.3) is 10.9 Å². The zero-order valence-corrected chi connectivity index (χ0v) is 12.2. The average Bonchev–Trinajstić information content (AvgIpc) is 2.45. The smallest absolute Gasteiger partial charge is 0.326 e. The van der Waals surface area contributed by atoms with E-state index >= 15 is 0 Å². The minimum atomic E-state index is -1.05. The summed E-state index contributed by atoms with van der Waals surface area (Å²) in [6, 6.07) is 5.84. The number of aromatic nitrogens is 1. The lowest BCUT2D eigenvalue weighted by Gasteiger charge is -2.14. The van der Waals surface area contributed by atoms with Crippen molar-refractivity contribution >= 4 is 34.4 Å². The van der Waals surface area contributed by atoms with Gasteiger partial charge in [0.1, 0.15) is 6.04 Å². The van der Waals surface area contributed by atoms with Crippen LogP contribution in [0.4, 0.5) is 0 Å². The summed E-state index contributed by atoms with van der Waals surface area (Å²) in [5, 5.41) is 12.8. The third-order valence-corrected chi connectivity index (χ3v) is 3.31. The topological polar surface area (TPSA) is 79.3 Å². The number of benzene rings is 1. The molecule has 5 nitrogen and oxygen atoms in total. The predicted octanol–water partition coefficient (Wildman–Crippen LogP) is 2.87. The minimum absolute atomic E-state index is 0.278. The minimum Gasteiger partial charge on any atom is -0.480 e. The van der Waals surface area contributed by atoms with Crippen LogP contribution in [0.5, 0.6) is 0 Å². The van der Waals surface area contributed by atoms with Gasteiger partial charge in [0.25, 0.3) is 5.91 Å². The Bertz CT molecular complexity index is 688. The quantitative estimate of drug-likeness (QED) is 0.890. The number of nitrogens with one attached hydrogen (secondary N) is 1. The molecule has 110 valence electrons. The Kier molecular flexibility index (Phi) is 4.75. The van der Waals surface area contributed by atoms with E-state index < -0.39 is 17.9 Å². The fourth-order valence-corrected chi connectivity index (χ4v) is 2.34. The molecule has 1 aromatic heterocycles. The van der Waals surface area contributed by atoms with Crippen molar-refractivity contribution in [2.24, 2.45) is 0 Å². The largest absolute Gasteiger partial charge is 0.480 e. The number of hydrogen-bond acceptors (Lipinski definition) is 3. The molecule has 1 unspecified atom stereocenters. The molecule has 1 aromatic carbocycles. The molecule has 0 aliphatic carbocycles. The highest BCUT2D eigenvalue weighted by molar-refractivity contribution is 6.32. The molecule has 2 rings (SSSR count). The summed E-state index contributed by atoms with van der Waals surface area (Å²) in [5.41, 5.74) is 0.778. The second kappa shape index (κ2) is 6.54. The van der Waals surface area contributed by atoms with Gasteiger partial charge < -0.3 is 10.4 Å². The number of halogens is 1. The Hall–Kier alpha value is -2.14. The van der Waals surface area contributed by atoms with Crippen molar-refractivity contribution in [1.82, 2.24) is 10.3 Å². The number of aliphatic carboxylic acids is 1. The summed E-state index contributed by atoms with van der Waals surface area (Å²) < 4.78 is 0. The summed E-state index contributed by atoms with van der Waals surface area (Å²) in [5.74, 6) is -1.54. The molecule has 1 amide bonds. The van der Waals surface area contributed by atoms with Gasteiger partial charge in [0.2, 0.25) is 0 Å². The van der Waals surface area contributed by atoms with Crippen molar-refractivity contribution in [2.45, 2.75) is 25.8 Å². The first-order valence-electron chi connectivity index (χ1n) is 6.61. The number of carbonyl (C=O) groups excluding carboxylic acids is 1. The van der Waals surface area contributed by atoms with Crippen LogP contribution in [0.15, 0.2) is 30.5 Å². The van der Waals surface area contributed by atoms with Crippen molar-refractivity contribution < 1.29 is 14.7 Å². The number of amides is 1. The third-order valence-electron chi connectivity index (χ3n) is 3.10. The van der Waals surface area contributed by atoms with Crippen molar-refractivity contribution in [3.05, 3.63) is 41.0 Å². The zero-order chi connectivity index (χ0) is 15.4. The maximum Gasteiger partial charge on any atom is 0.326 e. The normalized spacial score (nSPS) is 12.1. The van der Waals surface area contributed by atoms with Gasteiger partial charge in [-0.15, -0.1) is 0 Å². The van der Waals surface area contributed by atoms with Crippen molar-refractivity contribution in [3.8, 4) is 0 Å². The fourth-order valence-electron chi connectivity index (χ4n) is 2.11. The maximum absolute atomic E-state index is 12.3. The Morgan fingerprint density at radius 1 is 1.43 bits per heavy atom. The molecule has 2 N–H and O–H groups in total. The van der Waals surface area contributed by atoms with E-state index in [0.717, 1.165) is 5.39 Å². The summed E-state index contributed by atoms with van der Waals surface area (Å²) in [6.07, 6.45) is 2.60. The van der Waals surface area contributed by atoms with Gasteiger partial charge in [-0.05, 0) is 24.6 Å². The van der Waals surface area contributed by atoms with Crippen LogP contribution >= 0.6 is 11.6 Å². The van der Waals surface area contributed by atoms with Crippen LogP contribution < -0.4 is 5.32 Å². The van der Waals surface area contributed by atoms with Crippen LogP contribution in [0.2, 0.25) is 5.02 Å². The standard InChI is InChI=1S/C15H15ClN2O3/c1-2-4-12(15(20)21)18-14(19)11-8-10(16)7-9-5-3-6-17-13(9)11/h3,5-8,12H,2,4H2,1H3,(H,18,19)(H,20,21). The Balaban J connectivity index is 2.37. The number of carbonyl (C=O) groups is 2. The lowest BCUT2D eigenvalue weighted by Crippen LogP contribution is -2.40. The van der Waals surface area contributed by atoms with Crippen molar-refractivity contribution in [3.63, 3.8) is 0 Å². The first-order chi connectivity index (χ1) is 10.0. The molecule has 0 spiro atoms. The van der Waals surface area contributed by atoms with E-state index in [0.29, 0.717) is 23.4 Å². The van der Waals surface area contributed by atoms with Gasteiger partial charge in [0.05, 0.1) is 11.1 Å². The Labute approximate surface area is 126 Å². The second-order valence-corrected chi connectivity index (χ2v) is 5.12. The molecule has 0 aliphatic rings. The van der Waals surface area contributed by atoms with Gasteiger partial charge in [-0.1, -0.05) is 31.0 Å². The monoisotopic (exact) mass is 306 g/mol. The number of fused-ring (bicyclic) bond motifs is 1. The number of carboxylic acids is 1. The number of hydrogen-bond donors (Lipinski definition) is 2. The lowest BCUT2D eigenvalue weighted by molar-refractivity contribution is -0.139. The molecule has 1 atom stereocenters. The number of pyridine rings is 1. The molecule has 0 saturated carbocycles. The first kappa shape index (κ1) is 15.3. The van der Waals surface area contributed by atoms with Gasteiger partial charge in [0.15, 0.2) is 0 Å². The van der Waals surface area contributed by atoms with Gasteiger partial charge >= 0.3 is 5.97 Å². The molecule has 0 bridgehead atoms. The molecular weight excluding hydrogens is 292 g/mol. The van der Waals surface area contributed by atoms with E-state index in [4.69, 9.17) is 16.7 Å². The maximum atomic E-state index is 12.3. The molecule has 0 radical (unpaired) electrons. The molecule has 6 heteroatoms. The highest BCUT2D eigenvalue weighted by Crippen LogP contribution is 2.22. The first-order valence-corrected chi connectivity index (χ1v) is 6.98. The molecule has 21 heavy (non-hydrogen) atoms. The van der Waals surface area contributed by atoms with Gasteiger partial charge in [0, 0.05) is 16.6 Å². The molecule has 1 heterocycles. The summed E-state index contributed by atoms with van der Waals surface area (Å²) in [6.45, 7) is 1.86. The summed E-state index contributed by atoms with van der Waals surface area (Å²) in [7, 11) is 0. The van der Waals surface area contributed by atoms with E-state index in [-0.39, 0.29) is 5.56 Å². The van der Waals surface area contributed by atoms with Crippen LogP contribution in [-0.4, -0.2) is 28.0 Å². The van der Waals surface area contributed by atoms with Crippen molar-refractivity contribution in [2.75, 3.05) is 0 Å². The molecule has 2 aromatic rings. The Morgan fingerprint density at radius 2 is 2.19 bits per heavy atom. The van der Waals surface area contributed by atoms with E-state index in [1.165, 1.54) is 6.07 Å². The van der Waals surface area contributed by atoms with Crippen LogP contribution in [-0.2, 0) is 4.79 Å². The predicted molar refractivity (Wildman–Crippen MR) is 80.6 cm³/mol. The van der Waals surface area contributed by atoms with Crippen LogP contribution in [0, 0.1) is 0 Å². The van der Waals surface area contributed by atoms with Gasteiger partial charge in [-0.3, -0.25) is 9.78 Å². The summed E-state index contributed by atoms with van der Waals surface area (Å²) in [4.78, 5) is 27.6. The molecule has 0 saturated heterocycles. The highest BCUT2D eigenvalue weighted by atomic mass is 35.5. The van der Waals surface area contributed by atoms with Gasteiger partial charge in [-0.25, -0.2) is 4.79 Å². The van der Waals surface area contributed by atoms with E-state index in [2.05, 4.69) is 10.3 Å². The SMILES string of the molecule is CCCC(NC(=O)c1cc(Cl)cc2cccnc12)C(=O)O. The number of rotatable bonds is 5. The second-order valence-electron chi connectivity index (χ2n) is 4.68. The zero-order valence-electron chi connectivity index (χ0n) is 11.5. The van der Waals surface area contributed by atoms with E-state index in [9.17, 15) is 9.59 Å². The summed E-state index contributed by atoms with van der Waals surface area (Å²) >= 11 is 6.00. The van der Waals surface area contributed by atoms with Gasteiger partial charge in [-0.2, -0.15) is 0 Å². The molecule has 0 fully saturated rings. The average molecular weight is 307 g/mol. The fraction of sp³-hybridized carbons (Fsp3) is 0.267. The molecule has 0 aliphatic heterocycles.